The normalized spacial score (nSPS) is 18.6. The van der Waals surface area contributed by atoms with Crippen LogP contribution in [0.4, 0.5) is 5.69 Å². The molecular formula is C15H24Cl2N2O. The van der Waals surface area contributed by atoms with E-state index in [-0.39, 0.29) is 36.8 Å². The van der Waals surface area contributed by atoms with Crippen LogP contribution >= 0.6 is 24.8 Å². The summed E-state index contributed by atoms with van der Waals surface area (Å²) in [6.45, 7) is 5.09. The summed E-state index contributed by atoms with van der Waals surface area (Å²) >= 11 is 0. The number of nitrogens with one attached hydrogen (secondary N) is 1. The summed E-state index contributed by atoms with van der Waals surface area (Å²) in [4.78, 5) is 14.5. The molecule has 1 N–H and O–H groups in total. The van der Waals surface area contributed by atoms with Crippen molar-refractivity contribution in [2.45, 2.75) is 39.2 Å². The molecule has 0 spiro atoms. The number of halogens is 2. The van der Waals surface area contributed by atoms with Crippen molar-refractivity contribution >= 4 is 36.4 Å². The third-order valence-electron chi connectivity index (χ3n) is 3.80. The van der Waals surface area contributed by atoms with E-state index in [4.69, 9.17) is 0 Å². The van der Waals surface area contributed by atoms with E-state index >= 15 is 0 Å². The number of anilines is 1. The zero-order valence-electron chi connectivity index (χ0n) is 12.3. The average Bonchev–Trinajstić information content (AvgIpc) is 2.34. The Morgan fingerprint density at radius 1 is 1.20 bits per heavy atom. The van der Waals surface area contributed by atoms with Gasteiger partial charge in [0.05, 0.1) is 6.04 Å². The van der Waals surface area contributed by atoms with Crippen LogP contribution in [0.25, 0.3) is 0 Å². The molecule has 1 heterocycles. The van der Waals surface area contributed by atoms with Gasteiger partial charge in [0.25, 0.3) is 0 Å². The van der Waals surface area contributed by atoms with Crippen LogP contribution < -0.4 is 5.32 Å². The van der Waals surface area contributed by atoms with Gasteiger partial charge in [-0.15, -0.1) is 24.8 Å². The molecular weight excluding hydrogens is 295 g/mol. The number of piperidine rings is 1. The number of likely N-dealkylation sites (tertiary alicyclic amines) is 1. The molecule has 1 aromatic rings. The van der Waals surface area contributed by atoms with Crippen LogP contribution in [0.2, 0.25) is 0 Å². The fraction of sp³-hybridized carbons (Fsp3) is 0.533. The lowest BCUT2D eigenvalue weighted by atomic mass is 10.0. The minimum atomic E-state index is 0. The maximum Gasteiger partial charge on any atom is 0.241 e. The zero-order valence-corrected chi connectivity index (χ0v) is 13.9. The van der Waals surface area contributed by atoms with Crippen LogP contribution in [0.15, 0.2) is 18.2 Å². The SMILES string of the molecule is Cc1cccc(C)c1NC(=O)C1CCCCN1C.Cl.Cl. The predicted molar refractivity (Wildman–Crippen MR) is 89.3 cm³/mol. The molecule has 0 aromatic heterocycles. The van der Waals surface area contributed by atoms with Gasteiger partial charge in [-0.2, -0.15) is 0 Å². The van der Waals surface area contributed by atoms with Crippen molar-refractivity contribution in [3.05, 3.63) is 29.3 Å². The van der Waals surface area contributed by atoms with Gasteiger partial charge in [0, 0.05) is 5.69 Å². The largest absolute Gasteiger partial charge is 0.324 e. The van der Waals surface area contributed by atoms with Crippen LogP contribution in [0.5, 0.6) is 0 Å². The van der Waals surface area contributed by atoms with Crippen LogP contribution in [-0.4, -0.2) is 30.4 Å². The number of benzene rings is 1. The summed E-state index contributed by atoms with van der Waals surface area (Å²) in [5, 5.41) is 3.10. The summed E-state index contributed by atoms with van der Waals surface area (Å²) in [6, 6.07) is 6.12. The number of hydrogen-bond donors (Lipinski definition) is 1. The zero-order chi connectivity index (χ0) is 13.1. The minimum absolute atomic E-state index is 0. The highest BCUT2D eigenvalue weighted by Gasteiger charge is 2.26. The first-order valence-corrected chi connectivity index (χ1v) is 6.67. The molecule has 0 aliphatic carbocycles. The number of carbonyl (C=O) groups is 1. The number of nitrogens with zero attached hydrogens (tertiary/aromatic N) is 1. The highest BCUT2D eigenvalue weighted by molar-refractivity contribution is 5.96. The van der Waals surface area contributed by atoms with E-state index in [1.54, 1.807) is 0 Å². The molecule has 5 heteroatoms. The lowest BCUT2D eigenvalue weighted by Crippen LogP contribution is -2.44. The maximum absolute atomic E-state index is 12.3. The first kappa shape index (κ1) is 19.2. The summed E-state index contributed by atoms with van der Waals surface area (Å²) in [6.07, 6.45) is 3.31. The minimum Gasteiger partial charge on any atom is -0.324 e. The van der Waals surface area contributed by atoms with Crippen LogP contribution in [0, 0.1) is 13.8 Å². The van der Waals surface area contributed by atoms with E-state index in [0.717, 1.165) is 36.2 Å². The van der Waals surface area contributed by atoms with Crippen molar-refractivity contribution in [2.24, 2.45) is 0 Å². The number of amides is 1. The maximum atomic E-state index is 12.3. The van der Waals surface area contributed by atoms with Crippen molar-refractivity contribution in [3.63, 3.8) is 0 Å². The van der Waals surface area contributed by atoms with E-state index in [1.807, 2.05) is 39.1 Å². The first-order chi connectivity index (χ1) is 8.59. The molecule has 1 aliphatic rings. The number of rotatable bonds is 2. The van der Waals surface area contributed by atoms with Gasteiger partial charge in [-0.05, 0) is 51.4 Å². The van der Waals surface area contributed by atoms with E-state index in [2.05, 4.69) is 10.2 Å². The van der Waals surface area contributed by atoms with Crippen LogP contribution in [-0.2, 0) is 4.79 Å². The standard InChI is InChI=1S/C15H22N2O.2ClH/c1-11-7-6-8-12(2)14(11)16-15(18)13-9-4-5-10-17(13)3;;/h6-8,13H,4-5,9-10H2,1-3H3,(H,16,18);2*1H. The van der Waals surface area contributed by atoms with E-state index < -0.39 is 0 Å². The van der Waals surface area contributed by atoms with Crippen molar-refractivity contribution in [3.8, 4) is 0 Å². The van der Waals surface area contributed by atoms with Gasteiger partial charge >= 0.3 is 0 Å². The Balaban J connectivity index is 0.00000180. The second-order valence-corrected chi connectivity index (χ2v) is 5.25. The number of hydrogen-bond acceptors (Lipinski definition) is 2. The highest BCUT2D eigenvalue weighted by atomic mass is 35.5. The van der Waals surface area contributed by atoms with Crippen molar-refractivity contribution < 1.29 is 4.79 Å². The van der Waals surface area contributed by atoms with Gasteiger partial charge < -0.3 is 5.32 Å². The molecule has 1 saturated heterocycles. The second-order valence-electron chi connectivity index (χ2n) is 5.25. The van der Waals surface area contributed by atoms with Crippen LogP contribution in [0.1, 0.15) is 30.4 Å². The lowest BCUT2D eigenvalue weighted by molar-refractivity contribution is -0.121. The molecule has 0 saturated carbocycles. The van der Waals surface area contributed by atoms with Crippen LogP contribution in [0.3, 0.4) is 0 Å². The van der Waals surface area contributed by atoms with E-state index in [9.17, 15) is 4.79 Å². The Morgan fingerprint density at radius 2 is 1.80 bits per heavy atom. The van der Waals surface area contributed by atoms with Gasteiger partial charge in [0.1, 0.15) is 0 Å². The topological polar surface area (TPSA) is 32.3 Å². The number of para-hydroxylation sites is 1. The molecule has 20 heavy (non-hydrogen) atoms. The van der Waals surface area contributed by atoms with Gasteiger partial charge in [-0.1, -0.05) is 24.6 Å². The quantitative estimate of drug-likeness (QED) is 0.904. The highest BCUT2D eigenvalue weighted by Crippen LogP contribution is 2.22. The molecule has 1 aromatic carbocycles. The molecule has 0 bridgehead atoms. The summed E-state index contributed by atoms with van der Waals surface area (Å²) < 4.78 is 0. The van der Waals surface area contributed by atoms with Crippen molar-refractivity contribution in [1.29, 1.82) is 0 Å². The third-order valence-corrected chi connectivity index (χ3v) is 3.80. The third kappa shape index (κ3) is 4.37. The molecule has 1 aliphatic heterocycles. The van der Waals surface area contributed by atoms with E-state index in [0.29, 0.717) is 0 Å². The molecule has 114 valence electrons. The molecule has 1 unspecified atom stereocenters. The number of aryl methyl sites for hydroxylation is 2. The first-order valence-electron chi connectivity index (χ1n) is 6.67. The Bertz CT molecular complexity index is 431. The molecule has 2 rings (SSSR count). The summed E-state index contributed by atoms with van der Waals surface area (Å²) in [5.74, 6) is 0.134. The Kier molecular flexibility index (Phi) is 8.17. The molecule has 1 fully saturated rings. The van der Waals surface area contributed by atoms with Crippen molar-refractivity contribution in [2.75, 3.05) is 18.9 Å². The second kappa shape index (κ2) is 8.50. The molecule has 3 nitrogen and oxygen atoms in total. The predicted octanol–water partition coefficient (Wildman–Crippen LogP) is 3.57. The average molecular weight is 319 g/mol. The Hall–Kier alpha value is -0.770. The van der Waals surface area contributed by atoms with Crippen molar-refractivity contribution in [1.82, 2.24) is 4.90 Å². The molecule has 1 amide bonds. The number of carbonyl (C=O) groups excluding carboxylic acids is 1. The Morgan fingerprint density at radius 3 is 2.35 bits per heavy atom. The van der Waals surface area contributed by atoms with E-state index in [1.165, 1.54) is 6.42 Å². The van der Waals surface area contributed by atoms with Gasteiger partial charge in [-0.25, -0.2) is 0 Å². The van der Waals surface area contributed by atoms with Gasteiger partial charge in [0.2, 0.25) is 5.91 Å². The van der Waals surface area contributed by atoms with Gasteiger partial charge in [-0.3, -0.25) is 9.69 Å². The fourth-order valence-electron chi connectivity index (χ4n) is 2.62. The fourth-order valence-corrected chi connectivity index (χ4v) is 2.62. The lowest BCUT2D eigenvalue weighted by Gasteiger charge is -2.31. The monoisotopic (exact) mass is 318 g/mol. The number of likely N-dealkylation sites (N-methyl/N-ethyl adjacent to an activating group) is 1. The summed E-state index contributed by atoms with van der Waals surface area (Å²) in [5.41, 5.74) is 3.23. The molecule has 1 atom stereocenters. The van der Waals surface area contributed by atoms with Gasteiger partial charge in [0.15, 0.2) is 0 Å². The summed E-state index contributed by atoms with van der Waals surface area (Å²) in [7, 11) is 2.04. The smallest absolute Gasteiger partial charge is 0.241 e. The molecule has 0 radical (unpaired) electrons. The Labute approximate surface area is 133 Å².